The smallest absolute Gasteiger partial charge is 0.748 e. The van der Waals surface area contributed by atoms with Crippen molar-refractivity contribution in [2.75, 3.05) is 19.0 Å². The Hall–Kier alpha value is -1.67. The summed E-state index contributed by atoms with van der Waals surface area (Å²) in [5.41, 5.74) is 1.77. The summed E-state index contributed by atoms with van der Waals surface area (Å²) in [4.78, 5) is 0. The first-order valence-corrected chi connectivity index (χ1v) is 13.5. The Kier molecular flexibility index (Phi) is 12.5. The van der Waals surface area contributed by atoms with Gasteiger partial charge < -0.3 is 14.0 Å². The molecule has 0 heterocycles. The fourth-order valence-electron chi connectivity index (χ4n) is 4.06. The number of benzene rings is 3. The van der Waals surface area contributed by atoms with Crippen molar-refractivity contribution < 1.29 is 52.0 Å². The van der Waals surface area contributed by atoms with Gasteiger partial charge in [-0.2, -0.15) is 0 Å². The van der Waals surface area contributed by atoms with Gasteiger partial charge in [0.25, 0.3) is 0 Å². The largest absolute Gasteiger partial charge is 1.00 e. The fourth-order valence-corrected chi connectivity index (χ4v) is 4.53. The van der Waals surface area contributed by atoms with Crippen LogP contribution in [0.1, 0.15) is 55.7 Å². The molecule has 0 spiro atoms. The molecule has 0 fully saturated rings. The Morgan fingerprint density at radius 2 is 1.26 bits per heavy atom. The van der Waals surface area contributed by atoms with Gasteiger partial charge in [-0.3, -0.25) is 0 Å². The van der Waals surface area contributed by atoms with Crippen molar-refractivity contribution in [1.29, 1.82) is 0 Å². The van der Waals surface area contributed by atoms with Crippen LogP contribution in [0.5, 0.6) is 5.75 Å². The summed E-state index contributed by atoms with van der Waals surface area (Å²) in [6.07, 6.45) is 4.71. The van der Waals surface area contributed by atoms with Gasteiger partial charge in [-0.25, -0.2) is 8.42 Å². The number of hydrogen-bond acceptors (Lipinski definition) is 5. The predicted octanol–water partition coefficient (Wildman–Crippen LogP) is 2.89. The second-order valence-corrected chi connectivity index (χ2v) is 9.83. The Balaban J connectivity index is 0.00000432. The maximum Gasteiger partial charge on any atom is 1.00 e. The van der Waals surface area contributed by atoms with Crippen molar-refractivity contribution in [3.63, 3.8) is 0 Å². The summed E-state index contributed by atoms with van der Waals surface area (Å²) >= 11 is 0. The molecule has 35 heavy (non-hydrogen) atoms. The van der Waals surface area contributed by atoms with Crippen LogP contribution in [0.3, 0.4) is 0 Å². The zero-order chi connectivity index (χ0) is 24.3. The minimum atomic E-state index is -4.30. The molecule has 0 aromatic heterocycles. The molecular weight excluding hydrogens is 471 g/mol. The molecule has 0 radical (unpaired) electrons. The first-order valence-electron chi connectivity index (χ1n) is 11.9. The van der Waals surface area contributed by atoms with E-state index in [-0.39, 0.29) is 42.6 Å². The SMILES string of the molecule is CCCCCCOc1ccc(C(OCCCS(=O)(=O)[O-])(c2ccccc2)c2ccccc2)cc1.[Na+]. The molecule has 0 saturated heterocycles. The third-order valence-corrected chi connectivity index (χ3v) is 6.53. The quantitative estimate of drug-likeness (QED) is 0.146. The van der Waals surface area contributed by atoms with Crippen molar-refractivity contribution in [3.8, 4) is 5.75 Å². The molecule has 0 bridgehead atoms. The van der Waals surface area contributed by atoms with Gasteiger partial charge in [-0.05, 0) is 41.7 Å². The van der Waals surface area contributed by atoms with Crippen LogP contribution >= 0.6 is 0 Å². The van der Waals surface area contributed by atoms with Gasteiger partial charge in [0.15, 0.2) is 0 Å². The van der Waals surface area contributed by atoms with E-state index in [2.05, 4.69) is 6.92 Å². The molecule has 182 valence electrons. The summed E-state index contributed by atoms with van der Waals surface area (Å²) in [7, 11) is -4.30. The Labute approximate surface area is 231 Å². The van der Waals surface area contributed by atoms with Crippen LogP contribution in [0.4, 0.5) is 0 Å². The monoisotopic (exact) mass is 504 g/mol. The average Bonchev–Trinajstić information content (AvgIpc) is 2.85. The molecule has 0 amide bonds. The topological polar surface area (TPSA) is 75.7 Å². The molecule has 5 nitrogen and oxygen atoms in total. The van der Waals surface area contributed by atoms with Gasteiger partial charge in [-0.15, -0.1) is 0 Å². The third-order valence-electron chi connectivity index (χ3n) is 5.75. The molecule has 0 atom stereocenters. The van der Waals surface area contributed by atoms with E-state index in [4.69, 9.17) is 9.47 Å². The van der Waals surface area contributed by atoms with E-state index in [1.807, 2.05) is 84.9 Å². The van der Waals surface area contributed by atoms with Crippen LogP contribution in [-0.4, -0.2) is 31.9 Å². The van der Waals surface area contributed by atoms with E-state index < -0.39 is 21.5 Å². The normalized spacial score (nSPS) is 11.6. The molecule has 0 saturated carbocycles. The summed E-state index contributed by atoms with van der Waals surface area (Å²) in [5.74, 6) is 0.338. The molecule has 0 N–H and O–H groups in total. The Morgan fingerprint density at radius 1 is 0.714 bits per heavy atom. The van der Waals surface area contributed by atoms with E-state index in [9.17, 15) is 13.0 Å². The molecule has 0 aliphatic carbocycles. The van der Waals surface area contributed by atoms with E-state index in [0.717, 1.165) is 35.3 Å². The van der Waals surface area contributed by atoms with Crippen LogP contribution in [0.2, 0.25) is 0 Å². The zero-order valence-electron chi connectivity index (χ0n) is 20.7. The number of hydrogen-bond donors (Lipinski definition) is 0. The molecule has 3 aromatic carbocycles. The first kappa shape index (κ1) is 29.6. The molecule has 3 aromatic rings. The summed E-state index contributed by atoms with van der Waals surface area (Å²) in [6.45, 7) is 2.98. The van der Waals surface area contributed by atoms with Gasteiger partial charge in [0.1, 0.15) is 11.4 Å². The molecule has 0 unspecified atom stereocenters. The molecule has 3 rings (SSSR count). The van der Waals surface area contributed by atoms with Crippen molar-refractivity contribution in [1.82, 2.24) is 0 Å². The fraction of sp³-hybridized carbons (Fsp3) is 0.357. The minimum absolute atomic E-state index is 0. The van der Waals surface area contributed by atoms with Gasteiger partial charge in [0, 0.05) is 12.4 Å². The zero-order valence-corrected chi connectivity index (χ0v) is 23.5. The van der Waals surface area contributed by atoms with Crippen LogP contribution in [-0.2, 0) is 20.5 Å². The number of ether oxygens (including phenoxy) is 2. The van der Waals surface area contributed by atoms with E-state index >= 15 is 0 Å². The Bertz CT molecular complexity index is 1050. The standard InChI is InChI=1S/C28H34O5S.Na/c1-2-3-4-11-21-32-27-19-17-26(18-20-27)28(24-13-7-5-8-14-24,25-15-9-6-10-16-25)33-22-12-23-34(29,30)31;/h5-10,13-20H,2-4,11-12,21-23H2,1H3,(H,29,30,31);/q;+1/p-1. The molecule has 7 heteroatoms. The maximum atomic E-state index is 11.1. The molecule has 0 aliphatic rings. The maximum absolute atomic E-state index is 11.1. The van der Waals surface area contributed by atoms with Gasteiger partial charge in [0.2, 0.25) is 0 Å². The van der Waals surface area contributed by atoms with E-state index in [0.29, 0.717) is 6.61 Å². The average molecular weight is 505 g/mol. The van der Waals surface area contributed by atoms with Crippen LogP contribution in [0, 0.1) is 0 Å². The summed E-state index contributed by atoms with van der Waals surface area (Å²) in [5, 5.41) is 0. The summed E-state index contributed by atoms with van der Waals surface area (Å²) < 4.78 is 45.8. The van der Waals surface area contributed by atoms with Gasteiger partial charge >= 0.3 is 29.6 Å². The van der Waals surface area contributed by atoms with E-state index in [1.54, 1.807) is 0 Å². The first-order chi connectivity index (χ1) is 16.5. The van der Waals surface area contributed by atoms with Crippen LogP contribution in [0.25, 0.3) is 0 Å². The van der Waals surface area contributed by atoms with Crippen LogP contribution in [0.15, 0.2) is 84.9 Å². The third kappa shape index (κ3) is 8.74. The van der Waals surface area contributed by atoms with Crippen molar-refractivity contribution >= 4 is 10.1 Å². The van der Waals surface area contributed by atoms with Gasteiger partial charge in [-0.1, -0.05) is 99.0 Å². The number of rotatable bonds is 14. The second kappa shape index (κ2) is 14.8. The number of unbranched alkanes of at least 4 members (excludes halogenated alkanes) is 3. The minimum Gasteiger partial charge on any atom is -0.748 e. The predicted molar refractivity (Wildman–Crippen MR) is 134 cm³/mol. The van der Waals surface area contributed by atoms with Crippen LogP contribution < -0.4 is 34.3 Å². The van der Waals surface area contributed by atoms with Crippen molar-refractivity contribution in [2.24, 2.45) is 0 Å². The Morgan fingerprint density at radius 3 is 1.77 bits per heavy atom. The van der Waals surface area contributed by atoms with Crippen molar-refractivity contribution in [2.45, 2.75) is 44.6 Å². The summed E-state index contributed by atoms with van der Waals surface area (Å²) in [6, 6.07) is 27.5. The second-order valence-electron chi connectivity index (χ2n) is 8.31. The van der Waals surface area contributed by atoms with E-state index in [1.165, 1.54) is 12.8 Å². The van der Waals surface area contributed by atoms with Crippen molar-refractivity contribution in [3.05, 3.63) is 102 Å². The van der Waals surface area contributed by atoms with Gasteiger partial charge in [0.05, 0.1) is 16.7 Å². The molecular formula is C28H33NaO5S. The molecule has 0 aliphatic heterocycles.